The van der Waals surface area contributed by atoms with Crippen LogP contribution in [0.2, 0.25) is 0 Å². The summed E-state index contributed by atoms with van der Waals surface area (Å²) in [4.78, 5) is 36.9. The Labute approximate surface area is 165 Å². The number of halogens is 1. The summed E-state index contributed by atoms with van der Waals surface area (Å²) in [5.41, 5.74) is 0.227. The van der Waals surface area contributed by atoms with Gasteiger partial charge in [-0.15, -0.1) is 0 Å². The first-order valence-electron chi connectivity index (χ1n) is 8.66. The smallest absolute Gasteiger partial charge is 0.341 e. The Hall–Kier alpha value is -3.94. The van der Waals surface area contributed by atoms with Crippen molar-refractivity contribution in [3.05, 3.63) is 84.1 Å². The molecular formula is C21H17FN2O5. The molecular weight excluding hydrogens is 379 g/mol. The van der Waals surface area contributed by atoms with Crippen molar-refractivity contribution in [2.75, 3.05) is 10.6 Å². The first-order valence-corrected chi connectivity index (χ1v) is 8.66. The highest BCUT2D eigenvalue weighted by atomic mass is 19.1. The van der Waals surface area contributed by atoms with Gasteiger partial charge in [0, 0.05) is 0 Å². The molecule has 2 N–H and O–H groups in total. The van der Waals surface area contributed by atoms with Crippen LogP contribution in [0.3, 0.4) is 0 Å². The Bertz CT molecular complexity index is 1030. The van der Waals surface area contributed by atoms with Crippen LogP contribution in [0.25, 0.3) is 0 Å². The number of carbonyl (C=O) groups excluding carboxylic acids is 3. The molecule has 0 aliphatic rings. The number of nitrogens with one attached hydrogen (secondary N) is 2. The van der Waals surface area contributed by atoms with Crippen molar-refractivity contribution in [2.45, 2.75) is 13.0 Å². The van der Waals surface area contributed by atoms with E-state index in [0.29, 0.717) is 0 Å². The minimum Gasteiger partial charge on any atom is -0.459 e. The summed E-state index contributed by atoms with van der Waals surface area (Å²) in [5, 5.41) is 4.92. The summed E-state index contributed by atoms with van der Waals surface area (Å²) in [5.74, 6) is -2.59. The number of anilines is 2. The van der Waals surface area contributed by atoms with Crippen molar-refractivity contribution in [3.8, 4) is 0 Å². The molecule has 2 amide bonds. The molecule has 8 heteroatoms. The normalized spacial score (nSPS) is 11.4. The number of furan rings is 1. The zero-order chi connectivity index (χ0) is 20.8. The van der Waals surface area contributed by atoms with Gasteiger partial charge in [-0.2, -0.15) is 0 Å². The molecule has 1 aromatic heterocycles. The van der Waals surface area contributed by atoms with Crippen LogP contribution in [0.15, 0.2) is 71.3 Å². The van der Waals surface area contributed by atoms with E-state index in [2.05, 4.69) is 10.6 Å². The Morgan fingerprint density at radius 1 is 0.931 bits per heavy atom. The van der Waals surface area contributed by atoms with Crippen LogP contribution >= 0.6 is 0 Å². The van der Waals surface area contributed by atoms with E-state index in [-0.39, 0.29) is 22.7 Å². The zero-order valence-corrected chi connectivity index (χ0v) is 15.3. The third-order valence-corrected chi connectivity index (χ3v) is 3.92. The van der Waals surface area contributed by atoms with Crippen LogP contribution in [0, 0.1) is 5.82 Å². The molecule has 0 unspecified atom stereocenters. The summed E-state index contributed by atoms with van der Waals surface area (Å²) in [7, 11) is 0. The Balaban J connectivity index is 1.68. The first kappa shape index (κ1) is 19.8. The van der Waals surface area contributed by atoms with Crippen LogP contribution in [-0.2, 0) is 9.53 Å². The lowest BCUT2D eigenvalue weighted by Gasteiger charge is -2.15. The Morgan fingerprint density at radius 3 is 2.31 bits per heavy atom. The van der Waals surface area contributed by atoms with Crippen LogP contribution in [0.5, 0.6) is 0 Å². The summed E-state index contributed by atoms with van der Waals surface area (Å²) >= 11 is 0. The molecule has 0 aliphatic carbocycles. The maximum absolute atomic E-state index is 13.7. The predicted octanol–water partition coefficient (Wildman–Crippen LogP) is 3.86. The van der Waals surface area contributed by atoms with Crippen molar-refractivity contribution >= 4 is 29.2 Å². The minimum atomic E-state index is -1.20. The lowest BCUT2D eigenvalue weighted by molar-refractivity contribution is -0.123. The maximum atomic E-state index is 13.7. The third kappa shape index (κ3) is 4.86. The topological polar surface area (TPSA) is 97.6 Å². The fourth-order valence-corrected chi connectivity index (χ4v) is 2.44. The molecule has 0 saturated heterocycles. The van der Waals surface area contributed by atoms with Gasteiger partial charge in [0.1, 0.15) is 5.82 Å². The average Bonchev–Trinajstić information content (AvgIpc) is 3.25. The summed E-state index contributed by atoms with van der Waals surface area (Å²) in [6.45, 7) is 1.36. The molecule has 0 aliphatic heterocycles. The number of para-hydroxylation sites is 2. The molecule has 0 bridgehead atoms. The van der Waals surface area contributed by atoms with E-state index in [1.54, 1.807) is 24.3 Å². The number of ether oxygens (including phenoxy) is 1. The van der Waals surface area contributed by atoms with E-state index in [1.807, 2.05) is 0 Å². The van der Waals surface area contributed by atoms with E-state index in [4.69, 9.17) is 9.15 Å². The second-order valence-corrected chi connectivity index (χ2v) is 5.99. The van der Waals surface area contributed by atoms with Crippen LogP contribution in [0.4, 0.5) is 15.8 Å². The highest BCUT2D eigenvalue weighted by Gasteiger charge is 2.22. The standard InChI is InChI=1S/C21H17FN2O5/c1-13(19(25)24-17-10-5-3-8-15(17)22)29-21(27)14-7-2-4-9-16(14)23-20(26)18-11-6-12-28-18/h2-13H,1H3,(H,23,26)(H,24,25)/t13-/m1/s1. The van der Waals surface area contributed by atoms with Crippen molar-refractivity contribution in [2.24, 2.45) is 0 Å². The summed E-state index contributed by atoms with van der Waals surface area (Å²) < 4.78 is 23.9. The van der Waals surface area contributed by atoms with Gasteiger partial charge in [-0.3, -0.25) is 9.59 Å². The maximum Gasteiger partial charge on any atom is 0.341 e. The fraction of sp³-hybridized carbons (Fsp3) is 0.0952. The highest BCUT2D eigenvalue weighted by molar-refractivity contribution is 6.07. The van der Waals surface area contributed by atoms with Crippen molar-refractivity contribution in [1.82, 2.24) is 0 Å². The van der Waals surface area contributed by atoms with Crippen molar-refractivity contribution in [1.29, 1.82) is 0 Å². The number of esters is 1. The van der Waals surface area contributed by atoms with Crippen LogP contribution in [0.1, 0.15) is 27.8 Å². The number of hydrogen-bond donors (Lipinski definition) is 2. The number of rotatable bonds is 6. The lowest BCUT2D eigenvalue weighted by Crippen LogP contribution is -2.30. The molecule has 2 aromatic carbocycles. The predicted molar refractivity (Wildman–Crippen MR) is 103 cm³/mol. The lowest BCUT2D eigenvalue weighted by atomic mass is 10.1. The summed E-state index contributed by atoms with van der Waals surface area (Å²) in [6, 6.07) is 14.9. The van der Waals surface area contributed by atoms with Gasteiger partial charge in [0.05, 0.1) is 23.2 Å². The number of benzene rings is 2. The molecule has 3 rings (SSSR count). The molecule has 3 aromatic rings. The van der Waals surface area contributed by atoms with Crippen molar-refractivity contribution in [3.63, 3.8) is 0 Å². The van der Waals surface area contributed by atoms with E-state index >= 15 is 0 Å². The second-order valence-electron chi connectivity index (χ2n) is 5.99. The Kier molecular flexibility index (Phi) is 6.03. The second kappa shape index (κ2) is 8.83. The molecule has 1 heterocycles. The number of amides is 2. The largest absolute Gasteiger partial charge is 0.459 e. The van der Waals surface area contributed by atoms with Gasteiger partial charge in [-0.25, -0.2) is 9.18 Å². The van der Waals surface area contributed by atoms with Gasteiger partial charge >= 0.3 is 5.97 Å². The first-order chi connectivity index (χ1) is 14.0. The van der Waals surface area contributed by atoms with Gasteiger partial charge in [-0.05, 0) is 43.3 Å². The van der Waals surface area contributed by atoms with E-state index in [1.165, 1.54) is 49.6 Å². The van der Waals surface area contributed by atoms with E-state index in [0.717, 1.165) is 0 Å². The van der Waals surface area contributed by atoms with Gasteiger partial charge in [0.15, 0.2) is 11.9 Å². The van der Waals surface area contributed by atoms with Crippen LogP contribution < -0.4 is 10.6 Å². The molecule has 0 fully saturated rings. The monoisotopic (exact) mass is 396 g/mol. The number of carbonyl (C=O) groups is 3. The molecule has 0 spiro atoms. The molecule has 29 heavy (non-hydrogen) atoms. The average molecular weight is 396 g/mol. The molecule has 0 radical (unpaired) electrons. The van der Waals surface area contributed by atoms with Gasteiger partial charge in [0.25, 0.3) is 11.8 Å². The fourth-order valence-electron chi connectivity index (χ4n) is 2.44. The van der Waals surface area contributed by atoms with E-state index < -0.39 is 29.7 Å². The zero-order valence-electron chi connectivity index (χ0n) is 15.3. The van der Waals surface area contributed by atoms with Gasteiger partial charge in [0.2, 0.25) is 0 Å². The molecule has 148 valence electrons. The van der Waals surface area contributed by atoms with E-state index in [9.17, 15) is 18.8 Å². The highest BCUT2D eigenvalue weighted by Crippen LogP contribution is 2.19. The third-order valence-electron chi connectivity index (χ3n) is 3.92. The minimum absolute atomic E-state index is 0.0217. The van der Waals surface area contributed by atoms with Crippen molar-refractivity contribution < 1.29 is 27.9 Å². The summed E-state index contributed by atoms with van der Waals surface area (Å²) in [6.07, 6.45) is 0.154. The molecule has 7 nitrogen and oxygen atoms in total. The molecule has 1 atom stereocenters. The number of hydrogen-bond acceptors (Lipinski definition) is 5. The molecule has 0 saturated carbocycles. The Morgan fingerprint density at radius 2 is 1.62 bits per heavy atom. The quantitative estimate of drug-likeness (QED) is 0.617. The van der Waals surface area contributed by atoms with Crippen LogP contribution in [-0.4, -0.2) is 23.9 Å². The van der Waals surface area contributed by atoms with Gasteiger partial charge < -0.3 is 19.8 Å². The SMILES string of the molecule is C[C@@H](OC(=O)c1ccccc1NC(=O)c1ccco1)C(=O)Nc1ccccc1F. The van der Waals surface area contributed by atoms with Gasteiger partial charge in [-0.1, -0.05) is 24.3 Å².